The summed E-state index contributed by atoms with van der Waals surface area (Å²) in [7, 11) is 0. The highest BCUT2D eigenvalue weighted by molar-refractivity contribution is 5.90. The number of nitrogens with one attached hydrogen (secondary N) is 2. The van der Waals surface area contributed by atoms with E-state index in [0.29, 0.717) is 18.8 Å². The summed E-state index contributed by atoms with van der Waals surface area (Å²) in [6.07, 6.45) is 2.49. The Balaban J connectivity index is 1.40. The topological polar surface area (TPSA) is 104 Å². The molecule has 0 aliphatic heterocycles. The number of carbonyl (C=O) groups excluding carboxylic acids is 1. The van der Waals surface area contributed by atoms with E-state index in [1.807, 2.05) is 42.6 Å². The van der Waals surface area contributed by atoms with Crippen LogP contribution in [0.1, 0.15) is 16.2 Å². The van der Waals surface area contributed by atoms with Crippen molar-refractivity contribution in [2.75, 3.05) is 6.54 Å². The minimum Gasteiger partial charge on any atom is -0.508 e. The summed E-state index contributed by atoms with van der Waals surface area (Å²) in [5, 5.41) is 17.0. The minimum absolute atomic E-state index is 0.0720. The van der Waals surface area contributed by atoms with Gasteiger partial charge in [0.25, 0.3) is 0 Å². The molecular weight excluding hydrogens is 332 g/mol. The number of nitrogens with zero attached hydrogens (tertiary/aromatic N) is 2. The highest BCUT2D eigenvalue weighted by Crippen LogP contribution is 2.21. The zero-order chi connectivity index (χ0) is 17.9. The average Bonchev–Trinajstić information content (AvgIpc) is 3.32. The van der Waals surface area contributed by atoms with Crippen molar-refractivity contribution in [3.63, 3.8) is 0 Å². The Kier molecular flexibility index (Phi) is 4.10. The first-order valence-corrected chi connectivity index (χ1v) is 8.16. The Morgan fingerprint density at radius 2 is 2.00 bits per heavy atom. The molecule has 0 saturated heterocycles. The zero-order valence-electron chi connectivity index (χ0n) is 13.8. The number of H-pyrrole nitrogens is 1. The van der Waals surface area contributed by atoms with E-state index in [9.17, 15) is 9.90 Å². The Morgan fingerprint density at radius 3 is 2.85 bits per heavy atom. The third-order valence-electron chi connectivity index (χ3n) is 4.07. The lowest BCUT2D eigenvalue weighted by Gasteiger charge is -2.02. The van der Waals surface area contributed by atoms with E-state index in [4.69, 9.17) is 4.52 Å². The largest absolute Gasteiger partial charge is 0.508 e. The molecular formula is C19H16N4O3. The average molecular weight is 348 g/mol. The summed E-state index contributed by atoms with van der Waals surface area (Å²) in [5.41, 5.74) is 2.74. The molecule has 0 saturated carbocycles. The number of rotatable bonds is 5. The van der Waals surface area contributed by atoms with Gasteiger partial charge in [0, 0.05) is 23.8 Å². The lowest BCUT2D eigenvalue weighted by atomic mass is 10.1. The molecule has 4 aromatic rings. The minimum atomic E-state index is -0.413. The molecule has 0 atom stereocenters. The predicted molar refractivity (Wildman–Crippen MR) is 95.7 cm³/mol. The fraction of sp³-hybridized carbons (Fsp3) is 0.105. The molecule has 2 aromatic heterocycles. The fourth-order valence-electron chi connectivity index (χ4n) is 2.68. The fourth-order valence-corrected chi connectivity index (χ4v) is 2.68. The van der Waals surface area contributed by atoms with Gasteiger partial charge < -0.3 is 19.9 Å². The molecule has 0 bridgehead atoms. The van der Waals surface area contributed by atoms with Crippen LogP contribution in [0.2, 0.25) is 0 Å². The van der Waals surface area contributed by atoms with Gasteiger partial charge in [-0.15, -0.1) is 0 Å². The molecule has 4 rings (SSSR count). The Labute approximate surface area is 148 Å². The SMILES string of the molecule is O=C(NCCc1ccc(O)cc1)c1nc(-c2ccc3cc[nH]c3c2)no1. The summed E-state index contributed by atoms with van der Waals surface area (Å²) in [5.74, 6) is 0.0969. The van der Waals surface area contributed by atoms with Gasteiger partial charge in [-0.2, -0.15) is 4.98 Å². The van der Waals surface area contributed by atoms with Gasteiger partial charge in [0.1, 0.15) is 5.75 Å². The van der Waals surface area contributed by atoms with Crippen LogP contribution in [-0.4, -0.2) is 32.7 Å². The molecule has 0 unspecified atom stereocenters. The molecule has 0 radical (unpaired) electrons. The molecule has 7 nitrogen and oxygen atoms in total. The number of benzene rings is 2. The second kappa shape index (κ2) is 6.72. The third kappa shape index (κ3) is 3.27. The summed E-state index contributed by atoms with van der Waals surface area (Å²) in [6.45, 7) is 0.426. The summed E-state index contributed by atoms with van der Waals surface area (Å²) in [4.78, 5) is 19.4. The van der Waals surface area contributed by atoms with Crippen LogP contribution in [0.15, 0.2) is 59.3 Å². The van der Waals surface area contributed by atoms with Crippen molar-refractivity contribution >= 4 is 16.8 Å². The van der Waals surface area contributed by atoms with Crippen LogP contribution in [0.3, 0.4) is 0 Å². The molecule has 130 valence electrons. The van der Waals surface area contributed by atoms with Crippen LogP contribution in [-0.2, 0) is 6.42 Å². The van der Waals surface area contributed by atoms with Gasteiger partial charge in [0.15, 0.2) is 0 Å². The van der Waals surface area contributed by atoms with Crippen molar-refractivity contribution in [2.45, 2.75) is 6.42 Å². The van der Waals surface area contributed by atoms with E-state index < -0.39 is 5.91 Å². The van der Waals surface area contributed by atoms with Crippen molar-refractivity contribution in [3.8, 4) is 17.1 Å². The monoisotopic (exact) mass is 348 g/mol. The maximum absolute atomic E-state index is 12.2. The number of phenols is 1. The molecule has 2 aromatic carbocycles. The van der Waals surface area contributed by atoms with Gasteiger partial charge in [0.05, 0.1) is 0 Å². The number of hydrogen-bond donors (Lipinski definition) is 3. The van der Waals surface area contributed by atoms with Crippen molar-refractivity contribution in [1.29, 1.82) is 0 Å². The molecule has 2 heterocycles. The van der Waals surface area contributed by atoms with E-state index in [1.165, 1.54) is 0 Å². The summed E-state index contributed by atoms with van der Waals surface area (Å²) >= 11 is 0. The number of aromatic hydroxyl groups is 1. The summed E-state index contributed by atoms with van der Waals surface area (Å²) < 4.78 is 5.08. The van der Waals surface area contributed by atoms with Crippen LogP contribution in [0.25, 0.3) is 22.3 Å². The van der Waals surface area contributed by atoms with E-state index in [0.717, 1.165) is 22.0 Å². The van der Waals surface area contributed by atoms with Gasteiger partial charge in [-0.05, 0) is 41.6 Å². The number of amides is 1. The molecule has 7 heteroatoms. The van der Waals surface area contributed by atoms with Crippen molar-refractivity contribution in [3.05, 3.63) is 66.2 Å². The van der Waals surface area contributed by atoms with Crippen LogP contribution < -0.4 is 5.32 Å². The van der Waals surface area contributed by atoms with Crippen molar-refractivity contribution in [1.82, 2.24) is 20.4 Å². The van der Waals surface area contributed by atoms with Gasteiger partial charge in [-0.1, -0.05) is 29.4 Å². The first-order chi connectivity index (χ1) is 12.7. The maximum Gasteiger partial charge on any atom is 0.316 e. The number of phenolic OH excluding ortho intramolecular Hbond substituents is 1. The molecule has 3 N–H and O–H groups in total. The Bertz CT molecular complexity index is 1050. The van der Waals surface area contributed by atoms with Crippen LogP contribution >= 0.6 is 0 Å². The van der Waals surface area contributed by atoms with E-state index >= 15 is 0 Å². The molecule has 0 aliphatic carbocycles. The van der Waals surface area contributed by atoms with Crippen LogP contribution in [0.4, 0.5) is 0 Å². The molecule has 1 amide bonds. The van der Waals surface area contributed by atoms with Crippen LogP contribution in [0.5, 0.6) is 5.75 Å². The quantitative estimate of drug-likeness (QED) is 0.514. The Hall–Kier alpha value is -3.61. The van der Waals surface area contributed by atoms with Crippen molar-refractivity contribution < 1.29 is 14.4 Å². The first-order valence-electron chi connectivity index (χ1n) is 8.16. The number of hydrogen-bond acceptors (Lipinski definition) is 5. The third-order valence-corrected chi connectivity index (χ3v) is 4.07. The maximum atomic E-state index is 12.2. The van der Waals surface area contributed by atoms with Crippen LogP contribution in [0, 0.1) is 0 Å². The lowest BCUT2D eigenvalue weighted by molar-refractivity contribution is 0.0910. The lowest BCUT2D eigenvalue weighted by Crippen LogP contribution is -2.25. The van der Waals surface area contributed by atoms with Gasteiger partial charge in [-0.3, -0.25) is 4.79 Å². The van der Waals surface area contributed by atoms with E-state index in [-0.39, 0.29) is 11.6 Å². The predicted octanol–water partition coefficient (Wildman–Crippen LogP) is 2.90. The number of fused-ring (bicyclic) bond motifs is 1. The highest BCUT2D eigenvalue weighted by atomic mass is 16.5. The molecule has 0 fully saturated rings. The summed E-state index contributed by atoms with van der Waals surface area (Å²) in [6, 6.07) is 14.6. The second-order valence-electron chi connectivity index (χ2n) is 5.88. The molecule has 0 spiro atoms. The normalized spacial score (nSPS) is 10.9. The van der Waals surface area contributed by atoms with Crippen molar-refractivity contribution in [2.24, 2.45) is 0 Å². The molecule has 26 heavy (non-hydrogen) atoms. The second-order valence-corrected chi connectivity index (χ2v) is 5.88. The van der Waals surface area contributed by atoms with Gasteiger partial charge >= 0.3 is 11.8 Å². The number of aromatic nitrogens is 3. The Morgan fingerprint density at radius 1 is 1.15 bits per heavy atom. The van der Waals surface area contributed by atoms with Gasteiger partial charge in [-0.25, -0.2) is 0 Å². The smallest absolute Gasteiger partial charge is 0.316 e. The number of aromatic amines is 1. The van der Waals surface area contributed by atoms with Gasteiger partial charge in [0.2, 0.25) is 5.82 Å². The zero-order valence-corrected chi connectivity index (χ0v) is 13.8. The highest BCUT2D eigenvalue weighted by Gasteiger charge is 2.16. The standard InChI is InChI=1S/C19H16N4O3/c24-15-5-1-12(2-6-15)7-9-21-18(25)19-22-17(23-26-19)14-4-3-13-8-10-20-16(13)11-14/h1-6,8,10-11,20,24H,7,9H2,(H,21,25). The molecule has 0 aliphatic rings. The van der Waals surface area contributed by atoms with E-state index in [1.54, 1.807) is 12.1 Å². The van der Waals surface area contributed by atoms with E-state index in [2.05, 4.69) is 20.4 Å². The number of carbonyl (C=O) groups is 1. The first kappa shape index (κ1) is 15.9.